The molecule has 184 valence electrons. The van der Waals surface area contributed by atoms with Crippen LogP contribution in [-0.2, 0) is 11.3 Å². The van der Waals surface area contributed by atoms with Gasteiger partial charge in [0.05, 0.1) is 11.8 Å². The Morgan fingerprint density at radius 1 is 1.00 bits per heavy atom. The molecule has 0 fully saturated rings. The van der Waals surface area contributed by atoms with Crippen molar-refractivity contribution in [2.75, 3.05) is 11.1 Å². The van der Waals surface area contributed by atoms with Crippen LogP contribution in [0.25, 0.3) is 10.8 Å². The third kappa shape index (κ3) is 6.01. The zero-order valence-electron chi connectivity index (χ0n) is 20.3. The molecule has 1 heterocycles. The summed E-state index contributed by atoms with van der Waals surface area (Å²) in [4.78, 5) is 25.5. The van der Waals surface area contributed by atoms with Crippen LogP contribution in [0.1, 0.15) is 36.1 Å². The molecular formula is C28H29N5O2S. The zero-order chi connectivity index (χ0) is 25.5. The van der Waals surface area contributed by atoms with Gasteiger partial charge < -0.3 is 15.2 Å². The Hall–Kier alpha value is -3.91. The summed E-state index contributed by atoms with van der Waals surface area (Å²) in [7, 11) is 0. The number of benzene rings is 3. The van der Waals surface area contributed by atoms with Gasteiger partial charge in [-0.15, -0.1) is 16.8 Å². The number of thioether (sulfide) groups is 1. The molecule has 2 N–H and O–H groups in total. The van der Waals surface area contributed by atoms with Gasteiger partial charge in [-0.3, -0.25) is 9.59 Å². The monoisotopic (exact) mass is 499 g/mol. The second-order valence-electron chi connectivity index (χ2n) is 8.70. The van der Waals surface area contributed by atoms with E-state index in [0.717, 1.165) is 16.5 Å². The van der Waals surface area contributed by atoms with Crippen molar-refractivity contribution in [1.82, 2.24) is 20.1 Å². The lowest BCUT2D eigenvalue weighted by Gasteiger charge is -2.22. The number of nitrogens with one attached hydrogen (secondary N) is 2. The van der Waals surface area contributed by atoms with Crippen molar-refractivity contribution < 1.29 is 9.59 Å². The Morgan fingerprint density at radius 2 is 1.72 bits per heavy atom. The summed E-state index contributed by atoms with van der Waals surface area (Å²) < 4.78 is 1.90. The molecule has 4 aromatic rings. The third-order valence-electron chi connectivity index (χ3n) is 5.69. The summed E-state index contributed by atoms with van der Waals surface area (Å²) in [5.41, 5.74) is 1.33. The molecule has 2 amide bonds. The van der Waals surface area contributed by atoms with Gasteiger partial charge >= 0.3 is 0 Å². The first-order valence-corrected chi connectivity index (χ1v) is 12.8. The van der Waals surface area contributed by atoms with E-state index in [-0.39, 0.29) is 29.5 Å². The van der Waals surface area contributed by atoms with Crippen molar-refractivity contribution in [3.63, 3.8) is 0 Å². The van der Waals surface area contributed by atoms with Crippen LogP contribution in [0.5, 0.6) is 0 Å². The Labute approximate surface area is 215 Å². The van der Waals surface area contributed by atoms with Crippen LogP contribution < -0.4 is 10.6 Å². The average Bonchev–Trinajstić information content (AvgIpc) is 3.28. The van der Waals surface area contributed by atoms with E-state index in [0.29, 0.717) is 23.1 Å². The number of allylic oxidation sites excluding steroid dienone is 1. The van der Waals surface area contributed by atoms with E-state index < -0.39 is 0 Å². The van der Waals surface area contributed by atoms with Gasteiger partial charge in [-0.05, 0) is 41.0 Å². The van der Waals surface area contributed by atoms with E-state index in [9.17, 15) is 9.59 Å². The fourth-order valence-corrected chi connectivity index (χ4v) is 4.63. The average molecular weight is 500 g/mol. The number of hydrogen-bond donors (Lipinski definition) is 2. The van der Waals surface area contributed by atoms with E-state index in [1.165, 1.54) is 11.8 Å². The van der Waals surface area contributed by atoms with E-state index in [4.69, 9.17) is 0 Å². The van der Waals surface area contributed by atoms with Crippen molar-refractivity contribution in [1.29, 1.82) is 0 Å². The quantitative estimate of drug-likeness (QED) is 0.223. The minimum atomic E-state index is -0.356. The minimum Gasteiger partial charge on any atom is -0.342 e. The molecule has 0 spiro atoms. The molecule has 3 aromatic carbocycles. The van der Waals surface area contributed by atoms with Gasteiger partial charge in [0.1, 0.15) is 0 Å². The van der Waals surface area contributed by atoms with Gasteiger partial charge in [0, 0.05) is 17.8 Å². The summed E-state index contributed by atoms with van der Waals surface area (Å²) >= 11 is 1.30. The van der Waals surface area contributed by atoms with Gasteiger partial charge in [0.25, 0.3) is 5.91 Å². The molecule has 0 radical (unpaired) electrons. The van der Waals surface area contributed by atoms with Crippen LogP contribution in [0, 0.1) is 5.92 Å². The number of fused-ring (bicyclic) bond motifs is 1. The van der Waals surface area contributed by atoms with Gasteiger partial charge in [-0.2, -0.15) is 0 Å². The molecule has 0 unspecified atom stereocenters. The molecule has 0 aliphatic carbocycles. The second kappa shape index (κ2) is 11.7. The van der Waals surface area contributed by atoms with Crippen LogP contribution >= 0.6 is 11.8 Å². The number of aromatic nitrogens is 3. The van der Waals surface area contributed by atoms with Crippen LogP contribution in [-0.4, -0.2) is 32.3 Å². The molecule has 0 saturated carbocycles. The van der Waals surface area contributed by atoms with Crippen molar-refractivity contribution >= 4 is 40.0 Å². The number of carbonyl (C=O) groups is 2. The molecule has 0 aliphatic rings. The Kier molecular flexibility index (Phi) is 8.17. The van der Waals surface area contributed by atoms with Crippen LogP contribution in [0.2, 0.25) is 0 Å². The maximum absolute atomic E-state index is 12.8. The molecule has 0 bridgehead atoms. The number of nitrogens with zero attached hydrogens (tertiary/aromatic N) is 3. The number of hydrogen-bond acceptors (Lipinski definition) is 5. The number of rotatable bonds is 10. The van der Waals surface area contributed by atoms with Gasteiger partial charge in [0.15, 0.2) is 11.0 Å². The molecular weight excluding hydrogens is 470 g/mol. The van der Waals surface area contributed by atoms with Crippen molar-refractivity contribution in [2.45, 2.75) is 31.6 Å². The van der Waals surface area contributed by atoms with Crippen molar-refractivity contribution in [3.8, 4) is 0 Å². The smallest absolute Gasteiger partial charge is 0.251 e. The minimum absolute atomic E-state index is 0.0690. The summed E-state index contributed by atoms with van der Waals surface area (Å²) in [6.45, 7) is 8.35. The van der Waals surface area contributed by atoms with E-state index in [2.05, 4.69) is 27.4 Å². The normalized spacial score (nSPS) is 11.9. The standard InChI is InChI=1S/C28H29N5O2S/c1-4-16-33-26(25(19(2)3)30-27(35)21-11-6-5-7-12-21)31-32-28(33)36-18-24(34)29-23-15-14-20-10-8-9-13-22(20)17-23/h4-15,17,19,25H,1,16,18H2,2-3H3,(H,29,34)(H,30,35)/t25-/m0/s1. The maximum Gasteiger partial charge on any atom is 0.251 e. The topological polar surface area (TPSA) is 88.9 Å². The predicted molar refractivity (Wildman–Crippen MR) is 145 cm³/mol. The lowest BCUT2D eigenvalue weighted by molar-refractivity contribution is -0.113. The molecule has 0 aliphatic heterocycles. The molecule has 36 heavy (non-hydrogen) atoms. The fourth-order valence-electron chi connectivity index (χ4n) is 3.88. The largest absolute Gasteiger partial charge is 0.342 e. The lowest BCUT2D eigenvalue weighted by Crippen LogP contribution is -2.33. The number of carbonyl (C=O) groups excluding carboxylic acids is 2. The first-order valence-electron chi connectivity index (χ1n) is 11.8. The Bertz CT molecular complexity index is 1370. The van der Waals surface area contributed by atoms with E-state index >= 15 is 0 Å². The lowest BCUT2D eigenvalue weighted by atomic mass is 10.0. The molecule has 1 atom stereocenters. The molecule has 0 saturated heterocycles. The summed E-state index contributed by atoms with van der Waals surface area (Å²) in [6, 6.07) is 22.6. The maximum atomic E-state index is 12.8. The second-order valence-corrected chi connectivity index (χ2v) is 9.64. The number of anilines is 1. The van der Waals surface area contributed by atoms with E-state index in [1.54, 1.807) is 18.2 Å². The summed E-state index contributed by atoms with van der Waals surface area (Å²) in [5, 5.41) is 17.6. The van der Waals surface area contributed by atoms with Gasteiger partial charge in [-0.1, -0.05) is 80.2 Å². The highest BCUT2D eigenvalue weighted by Crippen LogP contribution is 2.26. The predicted octanol–water partition coefficient (Wildman–Crippen LogP) is 5.48. The van der Waals surface area contributed by atoms with Crippen LogP contribution in [0.3, 0.4) is 0 Å². The fraction of sp³-hybridized carbons (Fsp3) is 0.214. The number of amides is 2. The highest BCUT2D eigenvalue weighted by molar-refractivity contribution is 7.99. The highest BCUT2D eigenvalue weighted by Gasteiger charge is 2.26. The first kappa shape index (κ1) is 25.2. The Balaban J connectivity index is 1.46. The van der Waals surface area contributed by atoms with Crippen molar-refractivity contribution in [2.24, 2.45) is 5.92 Å². The summed E-state index contributed by atoms with van der Waals surface area (Å²) in [6.07, 6.45) is 1.75. The van der Waals surface area contributed by atoms with E-state index in [1.807, 2.05) is 79.1 Å². The molecule has 1 aromatic heterocycles. The SMILES string of the molecule is C=CCn1c(SCC(=O)Nc2ccc3ccccc3c2)nnc1[C@@H](NC(=O)c1ccccc1)C(C)C. The van der Waals surface area contributed by atoms with Crippen LogP contribution in [0.4, 0.5) is 5.69 Å². The molecule has 7 nitrogen and oxygen atoms in total. The summed E-state index contributed by atoms with van der Waals surface area (Å²) in [5.74, 6) is 0.561. The third-order valence-corrected chi connectivity index (χ3v) is 6.66. The van der Waals surface area contributed by atoms with Crippen LogP contribution in [0.15, 0.2) is 90.6 Å². The van der Waals surface area contributed by atoms with Crippen molar-refractivity contribution in [3.05, 3.63) is 96.8 Å². The molecule has 4 rings (SSSR count). The van der Waals surface area contributed by atoms with Gasteiger partial charge in [-0.25, -0.2) is 0 Å². The first-order chi connectivity index (χ1) is 17.5. The highest BCUT2D eigenvalue weighted by atomic mass is 32.2. The molecule has 8 heteroatoms. The van der Waals surface area contributed by atoms with Gasteiger partial charge in [0.2, 0.25) is 5.91 Å². The zero-order valence-corrected chi connectivity index (χ0v) is 21.2. The Morgan fingerprint density at radius 3 is 2.44 bits per heavy atom.